The molecule has 1 aliphatic rings. The summed E-state index contributed by atoms with van der Waals surface area (Å²) in [6.45, 7) is 2.23. The van der Waals surface area contributed by atoms with Gasteiger partial charge in [0.05, 0.1) is 30.2 Å². The van der Waals surface area contributed by atoms with E-state index in [-0.39, 0.29) is 16.7 Å². The van der Waals surface area contributed by atoms with Gasteiger partial charge in [0, 0.05) is 0 Å². The van der Waals surface area contributed by atoms with Crippen molar-refractivity contribution in [2.45, 2.75) is 6.92 Å². The minimum absolute atomic E-state index is 0.0461. The minimum Gasteiger partial charge on any atom is -0.491 e. The summed E-state index contributed by atoms with van der Waals surface area (Å²) in [6, 6.07) is 3.33. The molecule has 1 fully saturated rings. The Balaban J connectivity index is 2.38. The van der Waals surface area contributed by atoms with E-state index in [9.17, 15) is 9.59 Å². The maximum absolute atomic E-state index is 12.2. The first-order valence-corrected chi connectivity index (χ1v) is 7.90. The van der Waals surface area contributed by atoms with Crippen molar-refractivity contribution in [1.82, 2.24) is 4.90 Å². The molecule has 0 atom stereocenters. The van der Waals surface area contributed by atoms with Crippen molar-refractivity contribution >= 4 is 40.6 Å². The Morgan fingerprint density at radius 2 is 2.17 bits per heavy atom. The number of hydrogen-bond donors (Lipinski definition) is 0. The topological polar surface area (TPSA) is 55.8 Å². The summed E-state index contributed by atoms with van der Waals surface area (Å²) in [5.41, 5.74) is 0.630. The Morgan fingerprint density at radius 1 is 1.43 bits per heavy atom. The lowest BCUT2D eigenvalue weighted by Crippen LogP contribution is -2.28. The first-order chi connectivity index (χ1) is 11.0. The number of methoxy groups -OCH3 is 1. The van der Waals surface area contributed by atoms with Gasteiger partial charge in [-0.2, -0.15) is 0 Å². The van der Waals surface area contributed by atoms with E-state index >= 15 is 0 Å². The van der Waals surface area contributed by atoms with Crippen LogP contribution in [0.5, 0.6) is 11.5 Å². The molecule has 5 nitrogen and oxygen atoms in total. The fourth-order valence-corrected chi connectivity index (χ4v) is 3.15. The molecule has 0 spiro atoms. The molecule has 1 aromatic carbocycles. The number of terminal acetylenes is 1. The lowest BCUT2D eigenvalue weighted by molar-refractivity contribution is -0.122. The quantitative estimate of drug-likeness (QED) is 0.601. The standard InChI is InChI=1S/C16H14ClNO4S/c1-4-6-18-15(19)13(23-16(18)20)9-10-7-11(17)14(21-3)12(8-10)22-5-2/h1,7-9H,5-6H2,2-3H3/b13-9+. The van der Waals surface area contributed by atoms with E-state index in [0.717, 1.165) is 16.7 Å². The molecule has 2 rings (SSSR count). The molecule has 0 unspecified atom stereocenters. The van der Waals surface area contributed by atoms with E-state index in [1.165, 1.54) is 7.11 Å². The molecule has 0 aromatic heterocycles. The maximum atomic E-state index is 12.2. The number of carbonyl (C=O) groups is 2. The van der Waals surface area contributed by atoms with Crippen LogP contribution < -0.4 is 9.47 Å². The van der Waals surface area contributed by atoms with Crippen LogP contribution >= 0.6 is 23.4 Å². The Hall–Kier alpha value is -2.10. The monoisotopic (exact) mass is 351 g/mol. The molecule has 1 aromatic rings. The van der Waals surface area contributed by atoms with Gasteiger partial charge in [0.2, 0.25) is 0 Å². The predicted octanol–water partition coefficient (Wildman–Crippen LogP) is 3.42. The zero-order valence-electron chi connectivity index (χ0n) is 12.6. The van der Waals surface area contributed by atoms with Gasteiger partial charge in [0.25, 0.3) is 11.1 Å². The van der Waals surface area contributed by atoms with E-state index in [2.05, 4.69) is 5.92 Å². The van der Waals surface area contributed by atoms with Crippen LogP contribution in [0.25, 0.3) is 6.08 Å². The number of thioether (sulfide) groups is 1. The van der Waals surface area contributed by atoms with Crippen molar-refractivity contribution < 1.29 is 19.1 Å². The third-order valence-corrected chi connectivity index (χ3v) is 4.14. The van der Waals surface area contributed by atoms with Gasteiger partial charge in [0.1, 0.15) is 0 Å². The lowest BCUT2D eigenvalue weighted by atomic mass is 10.1. The van der Waals surface area contributed by atoms with Crippen molar-refractivity contribution in [3.63, 3.8) is 0 Å². The van der Waals surface area contributed by atoms with Crippen LogP contribution in [0.2, 0.25) is 5.02 Å². The number of rotatable bonds is 5. The predicted molar refractivity (Wildman–Crippen MR) is 90.7 cm³/mol. The Kier molecular flexibility index (Phi) is 5.59. The molecule has 1 aliphatic heterocycles. The molecule has 0 aliphatic carbocycles. The molecule has 120 valence electrons. The molecule has 2 amide bonds. The van der Waals surface area contributed by atoms with E-state index < -0.39 is 5.91 Å². The highest BCUT2D eigenvalue weighted by Gasteiger charge is 2.34. The summed E-state index contributed by atoms with van der Waals surface area (Å²) in [7, 11) is 1.49. The molecule has 0 N–H and O–H groups in total. The van der Waals surface area contributed by atoms with Gasteiger partial charge in [-0.3, -0.25) is 14.5 Å². The van der Waals surface area contributed by atoms with Crippen molar-refractivity contribution in [3.8, 4) is 23.8 Å². The fourth-order valence-electron chi connectivity index (χ4n) is 2.01. The van der Waals surface area contributed by atoms with Gasteiger partial charge in [-0.1, -0.05) is 17.5 Å². The highest BCUT2D eigenvalue weighted by atomic mass is 35.5. The molecule has 1 heterocycles. The molecular formula is C16H14ClNO4S. The third-order valence-electron chi connectivity index (χ3n) is 2.96. The van der Waals surface area contributed by atoms with Gasteiger partial charge < -0.3 is 9.47 Å². The van der Waals surface area contributed by atoms with Gasteiger partial charge in [-0.15, -0.1) is 6.42 Å². The fraction of sp³-hybridized carbons (Fsp3) is 0.250. The first-order valence-electron chi connectivity index (χ1n) is 6.71. The summed E-state index contributed by atoms with van der Waals surface area (Å²) >= 11 is 7.01. The third kappa shape index (κ3) is 3.63. The molecule has 7 heteroatoms. The van der Waals surface area contributed by atoms with E-state index in [1.54, 1.807) is 18.2 Å². The smallest absolute Gasteiger partial charge is 0.294 e. The number of carbonyl (C=O) groups excluding carboxylic acids is 2. The second kappa shape index (κ2) is 7.44. The number of nitrogens with zero attached hydrogens (tertiary/aromatic N) is 1. The van der Waals surface area contributed by atoms with Crippen LogP contribution in [0.3, 0.4) is 0 Å². The van der Waals surface area contributed by atoms with Crippen molar-refractivity contribution in [1.29, 1.82) is 0 Å². The Bertz CT molecular complexity index is 724. The number of benzene rings is 1. The summed E-state index contributed by atoms with van der Waals surface area (Å²) in [6.07, 6.45) is 6.74. The second-order valence-corrected chi connectivity index (χ2v) is 5.84. The summed E-state index contributed by atoms with van der Waals surface area (Å²) in [5, 5.41) is -0.0311. The summed E-state index contributed by atoms with van der Waals surface area (Å²) in [4.78, 5) is 25.2. The van der Waals surface area contributed by atoms with Crippen molar-refractivity contribution in [2.24, 2.45) is 0 Å². The van der Waals surface area contributed by atoms with Crippen molar-refractivity contribution in [3.05, 3.63) is 27.6 Å². The molecule has 23 heavy (non-hydrogen) atoms. The van der Waals surface area contributed by atoms with Gasteiger partial charge >= 0.3 is 0 Å². The average Bonchev–Trinajstić information content (AvgIpc) is 2.75. The SMILES string of the molecule is C#CCN1C(=O)S/C(=C/c2cc(Cl)c(OC)c(OCC)c2)C1=O. The van der Waals surface area contributed by atoms with Crippen LogP contribution in [0.15, 0.2) is 17.0 Å². The van der Waals surface area contributed by atoms with Crippen LogP contribution in [-0.4, -0.2) is 36.3 Å². The van der Waals surface area contributed by atoms with Gasteiger partial charge in [0.15, 0.2) is 11.5 Å². The number of hydrogen-bond acceptors (Lipinski definition) is 5. The van der Waals surface area contributed by atoms with Gasteiger partial charge in [-0.25, -0.2) is 0 Å². The van der Waals surface area contributed by atoms with E-state index in [1.807, 2.05) is 6.92 Å². The lowest BCUT2D eigenvalue weighted by Gasteiger charge is -2.12. The number of ether oxygens (including phenoxy) is 2. The molecule has 0 bridgehead atoms. The van der Waals surface area contributed by atoms with E-state index in [4.69, 9.17) is 27.5 Å². The number of imide groups is 1. The largest absolute Gasteiger partial charge is 0.491 e. The highest BCUT2D eigenvalue weighted by Crippen LogP contribution is 2.38. The Morgan fingerprint density at radius 3 is 2.78 bits per heavy atom. The molecule has 0 saturated carbocycles. The molecular weight excluding hydrogens is 338 g/mol. The second-order valence-electron chi connectivity index (χ2n) is 4.44. The minimum atomic E-state index is -0.414. The van der Waals surface area contributed by atoms with Crippen LogP contribution in [0, 0.1) is 12.3 Å². The van der Waals surface area contributed by atoms with Gasteiger partial charge in [-0.05, 0) is 42.5 Å². The summed E-state index contributed by atoms with van der Waals surface area (Å²) < 4.78 is 10.7. The van der Waals surface area contributed by atoms with Crippen molar-refractivity contribution in [2.75, 3.05) is 20.3 Å². The number of halogens is 1. The zero-order valence-corrected chi connectivity index (χ0v) is 14.2. The summed E-state index contributed by atoms with van der Waals surface area (Å²) in [5.74, 6) is 2.77. The van der Waals surface area contributed by atoms with E-state index in [0.29, 0.717) is 28.7 Å². The molecule has 1 saturated heterocycles. The Labute approximate surface area is 143 Å². The zero-order chi connectivity index (χ0) is 17.0. The van der Waals surface area contributed by atoms with Crippen LogP contribution in [-0.2, 0) is 4.79 Å². The van der Waals surface area contributed by atoms with Crippen LogP contribution in [0.1, 0.15) is 12.5 Å². The number of amides is 2. The maximum Gasteiger partial charge on any atom is 0.294 e. The van der Waals surface area contributed by atoms with Crippen LogP contribution in [0.4, 0.5) is 4.79 Å². The normalized spacial score (nSPS) is 15.9. The highest BCUT2D eigenvalue weighted by molar-refractivity contribution is 8.18. The first kappa shape index (κ1) is 17.3. The average molecular weight is 352 g/mol. The molecule has 0 radical (unpaired) electrons.